The first kappa shape index (κ1) is 10.8. The number of carboxylic acid groups (broad SMARTS) is 1. The van der Waals surface area contributed by atoms with Crippen LogP contribution >= 0.6 is 0 Å². The van der Waals surface area contributed by atoms with Gasteiger partial charge < -0.3 is 10.2 Å². The molecule has 0 aromatic carbocycles. The molecule has 0 aliphatic heterocycles. The molecule has 3 heteroatoms. The maximum atomic E-state index is 9.25. The van der Waals surface area contributed by atoms with Gasteiger partial charge in [0.25, 0.3) is 0 Å². The zero-order chi connectivity index (χ0) is 9.40. The lowest BCUT2D eigenvalue weighted by Gasteiger charge is -2.04. The number of rotatable bonds is 1. The minimum atomic E-state index is -0.981. The van der Waals surface area contributed by atoms with Crippen LogP contribution in [0.25, 0.3) is 0 Å². The second-order valence-electron chi connectivity index (χ2n) is 2.48. The van der Waals surface area contributed by atoms with E-state index in [1.54, 1.807) is 0 Å². The second kappa shape index (κ2) is 6.46. The Hall–Kier alpha value is -1.25. The Morgan fingerprint density at radius 3 is 2.33 bits per heavy atom. The van der Waals surface area contributed by atoms with Crippen molar-refractivity contribution in [2.45, 2.75) is 25.7 Å². The van der Waals surface area contributed by atoms with Crippen LogP contribution in [0.4, 0.5) is 0 Å². The lowest BCUT2D eigenvalue weighted by molar-refractivity contribution is -0.131. The SMILES string of the molecule is C=CC(=O)O.OC1=CCCCC1. The highest BCUT2D eigenvalue weighted by atomic mass is 16.4. The van der Waals surface area contributed by atoms with Gasteiger partial charge in [-0.2, -0.15) is 0 Å². The van der Waals surface area contributed by atoms with Gasteiger partial charge in [0.1, 0.15) is 0 Å². The number of carbonyl (C=O) groups is 1. The Balaban J connectivity index is 0.000000217. The van der Waals surface area contributed by atoms with Crippen LogP contribution in [0, 0.1) is 0 Å². The van der Waals surface area contributed by atoms with Gasteiger partial charge in [0.15, 0.2) is 0 Å². The number of aliphatic hydroxyl groups is 1. The van der Waals surface area contributed by atoms with Crippen molar-refractivity contribution in [3.63, 3.8) is 0 Å². The zero-order valence-electron chi connectivity index (χ0n) is 6.99. The van der Waals surface area contributed by atoms with Gasteiger partial charge in [0, 0.05) is 12.5 Å². The monoisotopic (exact) mass is 170 g/mol. The van der Waals surface area contributed by atoms with Crippen LogP contribution in [0.2, 0.25) is 0 Å². The van der Waals surface area contributed by atoms with Crippen LogP contribution in [-0.2, 0) is 4.79 Å². The van der Waals surface area contributed by atoms with Crippen LogP contribution in [-0.4, -0.2) is 16.2 Å². The van der Waals surface area contributed by atoms with Gasteiger partial charge in [-0.3, -0.25) is 0 Å². The summed E-state index contributed by atoms with van der Waals surface area (Å²) in [5.74, 6) is -0.392. The molecule has 1 rings (SSSR count). The van der Waals surface area contributed by atoms with Crippen molar-refractivity contribution in [2.24, 2.45) is 0 Å². The summed E-state index contributed by atoms with van der Waals surface area (Å²) in [6.07, 6.45) is 7.14. The fourth-order valence-electron chi connectivity index (χ4n) is 0.821. The van der Waals surface area contributed by atoms with E-state index in [0.29, 0.717) is 5.76 Å². The third-order valence-corrected chi connectivity index (χ3v) is 1.44. The van der Waals surface area contributed by atoms with Gasteiger partial charge in [0.05, 0.1) is 5.76 Å². The summed E-state index contributed by atoms with van der Waals surface area (Å²) in [5, 5.41) is 16.4. The van der Waals surface area contributed by atoms with E-state index in [9.17, 15) is 4.79 Å². The molecule has 0 saturated carbocycles. The van der Waals surface area contributed by atoms with Crippen LogP contribution < -0.4 is 0 Å². The third kappa shape index (κ3) is 6.86. The molecule has 0 fully saturated rings. The predicted molar refractivity (Wildman–Crippen MR) is 47.0 cm³/mol. The van der Waals surface area contributed by atoms with Crippen molar-refractivity contribution in [3.05, 3.63) is 24.5 Å². The average molecular weight is 170 g/mol. The van der Waals surface area contributed by atoms with E-state index >= 15 is 0 Å². The molecule has 0 amide bonds. The first-order chi connectivity index (χ1) is 5.66. The van der Waals surface area contributed by atoms with Gasteiger partial charge in [-0.25, -0.2) is 4.79 Å². The molecular weight excluding hydrogens is 156 g/mol. The summed E-state index contributed by atoms with van der Waals surface area (Å²) >= 11 is 0. The number of hydrogen-bond donors (Lipinski definition) is 2. The van der Waals surface area contributed by atoms with Crippen LogP contribution in [0.3, 0.4) is 0 Å². The molecule has 0 saturated heterocycles. The zero-order valence-corrected chi connectivity index (χ0v) is 6.99. The van der Waals surface area contributed by atoms with Crippen molar-refractivity contribution in [2.75, 3.05) is 0 Å². The molecular formula is C9H14O3. The molecule has 0 heterocycles. The molecule has 1 aliphatic rings. The summed E-state index contributed by atoms with van der Waals surface area (Å²) in [6, 6.07) is 0. The largest absolute Gasteiger partial charge is 0.513 e. The summed E-state index contributed by atoms with van der Waals surface area (Å²) in [7, 11) is 0. The highest BCUT2D eigenvalue weighted by molar-refractivity contribution is 5.78. The molecule has 12 heavy (non-hydrogen) atoms. The van der Waals surface area contributed by atoms with Gasteiger partial charge in [-0.15, -0.1) is 0 Å². The average Bonchev–Trinajstić information content (AvgIpc) is 2.07. The van der Waals surface area contributed by atoms with E-state index in [1.807, 2.05) is 6.08 Å². The Kier molecular flexibility index (Phi) is 5.79. The Bertz CT molecular complexity index is 182. The molecule has 0 radical (unpaired) electrons. The Morgan fingerprint density at radius 1 is 1.58 bits per heavy atom. The standard InChI is InChI=1S/C6H10O.C3H4O2/c7-6-4-2-1-3-5-6;1-2-3(4)5/h4,7H,1-3,5H2;2H,1H2,(H,4,5). The van der Waals surface area contributed by atoms with Gasteiger partial charge in [0.2, 0.25) is 0 Å². The maximum Gasteiger partial charge on any atom is 0.327 e. The quantitative estimate of drug-likeness (QED) is 0.593. The van der Waals surface area contributed by atoms with Crippen LogP contribution in [0.5, 0.6) is 0 Å². The van der Waals surface area contributed by atoms with E-state index in [-0.39, 0.29) is 0 Å². The van der Waals surface area contributed by atoms with Crippen molar-refractivity contribution < 1.29 is 15.0 Å². The third-order valence-electron chi connectivity index (χ3n) is 1.44. The molecule has 0 aromatic rings. The lowest BCUT2D eigenvalue weighted by atomic mass is 10.1. The van der Waals surface area contributed by atoms with E-state index in [2.05, 4.69) is 6.58 Å². The Labute approximate surface area is 72.0 Å². The fourth-order valence-corrected chi connectivity index (χ4v) is 0.821. The number of carboxylic acids is 1. The minimum absolute atomic E-state index is 0.589. The van der Waals surface area contributed by atoms with E-state index < -0.39 is 5.97 Å². The van der Waals surface area contributed by atoms with Crippen LogP contribution in [0.1, 0.15) is 25.7 Å². The first-order valence-corrected chi connectivity index (χ1v) is 3.90. The number of aliphatic carboxylic acids is 1. The summed E-state index contributed by atoms with van der Waals surface area (Å²) in [4.78, 5) is 9.25. The number of hydrogen-bond acceptors (Lipinski definition) is 2. The molecule has 0 aromatic heterocycles. The number of aliphatic hydroxyl groups excluding tert-OH is 1. The van der Waals surface area contributed by atoms with E-state index in [4.69, 9.17) is 10.2 Å². The summed E-state index contributed by atoms with van der Waals surface area (Å²) in [5.41, 5.74) is 0. The van der Waals surface area contributed by atoms with Gasteiger partial charge in [-0.1, -0.05) is 6.58 Å². The van der Waals surface area contributed by atoms with Gasteiger partial charge in [-0.05, 0) is 25.3 Å². The van der Waals surface area contributed by atoms with Crippen LogP contribution in [0.15, 0.2) is 24.5 Å². The van der Waals surface area contributed by atoms with E-state index in [1.165, 1.54) is 12.8 Å². The van der Waals surface area contributed by atoms with Crippen molar-refractivity contribution in [1.82, 2.24) is 0 Å². The second-order valence-corrected chi connectivity index (χ2v) is 2.48. The smallest absolute Gasteiger partial charge is 0.327 e. The van der Waals surface area contributed by atoms with Gasteiger partial charge >= 0.3 is 5.97 Å². The predicted octanol–water partition coefficient (Wildman–Crippen LogP) is 2.26. The molecule has 0 atom stereocenters. The fraction of sp³-hybridized carbons (Fsp3) is 0.444. The van der Waals surface area contributed by atoms with Crippen molar-refractivity contribution >= 4 is 5.97 Å². The highest BCUT2D eigenvalue weighted by Gasteiger charge is 1.97. The molecule has 0 bridgehead atoms. The molecule has 2 N–H and O–H groups in total. The molecule has 1 aliphatic carbocycles. The lowest BCUT2D eigenvalue weighted by Crippen LogP contribution is -1.88. The van der Waals surface area contributed by atoms with Crippen molar-refractivity contribution in [3.8, 4) is 0 Å². The number of allylic oxidation sites excluding steroid dienone is 2. The molecule has 3 nitrogen and oxygen atoms in total. The normalized spacial score (nSPS) is 15.2. The first-order valence-electron chi connectivity index (χ1n) is 3.90. The molecule has 0 spiro atoms. The topological polar surface area (TPSA) is 57.5 Å². The summed E-state index contributed by atoms with van der Waals surface area (Å²) in [6.45, 7) is 2.96. The molecule has 0 unspecified atom stereocenters. The minimum Gasteiger partial charge on any atom is -0.513 e. The Morgan fingerprint density at radius 2 is 2.17 bits per heavy atom. The van der Waals surface area contributed by atoms with E-state index in [0.717, 1.165) is 18.9 Å². The molecule has 68 valence electrons. The van der Waals surface area contributed by atoms with Crippen molar-refractivity contribution in [1.29, 1.82) is 0 Å². The summed E-state index contributed by atoms with van der Waals surface area (Å²) < 4.78 is 0. The highest BCUT2D eigenvalue weighted by Crippen LogP contribution is 2.13. The maximum absolute atomic E-state index is 9.25.